The summed E-state index contributed by atoms with van der Waals surface area (Å²) in [5, 5.41) is 25.4. The number of carbonyl (C=O) groups excluding carboxylic acids is 1. The predicted octanol–water partition coefficient (Wildman–Crippen LogP) is 5.80. The summed E-state index contributed by atoms with van der Waals surface area (Å²) in [6, 6.07) is 33.9. The van der Waals surface area contributed by atoms with Crippen molar-refractivity contribution < 1.29 is 19.4 Å². The molecule has 4 aromatic carbocycles. The van der Waals surface area contributed by atoms with Gasteiger partial charge in [0.25, 0.3) is 0 Å². The number of aliphatic hydroxyl groups is 1. The molecule has 1 aromatic heterocycles. The zero-order valence-electron chi connectivity index (χ0n) is 24.2. The normalized spacial score (nSPS) is 18.2. The van der Waals surface area contributed by atoms with E-state index in [1.54, 1.807) is 16.4 Å². The van der Waals surface area contributed by atoms with E-state index in [1.165, 1.54) is 6.92 Å². The molecule has 0 unspecified atom stereocenters. The van der Waals surface area contributed by atoms with Crippen LogP contribution in [-0.4, -0.2) is 43.1 Å². The minimum absolute atomic E-state index is 0.00672. The highest BCUT2D eigenvalue weighted by Crippen LogP contribution is 2.40. The number of nitrogens with one attached hydrogen (secondary N) is 1. The first-order valence-corrected chi connectivity index (χ1v) is 15.5. The van der Waals surface area contributed by atoms with Crippen LogP contribution in [0.3, 0.4) is 0 Å². The number of carbonyl (C=O) groups is 1. The second-order valence-electron chi connectivity index (χ2n) is 10.6. The van der Waals surface area contributed by atoms with Crippen molar-refractivity contribution in [2.75, 3.05) is 5.75 Å². The molecule has 2 N–H and O–H groups in total. The van der Waals surface area contributed by atoms with Crippen molar-refractivity contribution in [2.24, 2.45) is 0 Å². The van der Waals surface area contributed by atoms with Crippen LogP contribution in [0.15, 0.2) is 108 Å². The summed E-state index contributed by atoms with van der Waals surface area (Å²) < 4.78 is 14.8. The van der Waals surface area contributed by atoms with Gasteiger partial charge in [0.05, 0.1) is 24.5 Å². The van der Waals surface area contributed by atoms with Crippen molar-refractivity contribution in [1.82, 2.24) is 25.5 Å². The zero-order chi connectivity index (χ0) is 30.3. The first kappa shape index (κ1) is 29.7. The molecule has 1 fully saturated rings. The van der Waals surface area contributed by atoms with Crippen LogP contribution in [0.1, 0.15) is 48.0 Å². The van der Waals surface area contributed by atoms with E-state index >= 15 is 0 Å². The molecule has 0 saturated carbocycles. The molecule has 5 aromatic rings. The fourth-order valence-corrected chi connectivity index (χ4v) is 6.09. The zero-order valence-corrected chi connectivity index (χ0v) is 25.1. The highest BCUT2D eigenvalue weighted by atomic mass is 32.2. The molecule has 3 atom stereocenters. The lowest BCUT2D eigenvalue weighted by atomic mass is 9.98. The average Bonchev–Trinajstić information content (AvgIpc) is 3.56. The maximum atomic E-state index is 11.5. The Bertz CT molecular complexity index is 1680. The van der Waals surface area contributed by atoms with Crippen molar-refractivity contribution in [3.8, 4) is 16.8 Å². The van der Waals surface area contributed by atoms with E-state index in [9.17, 15) is 9.90 Å². The summed E-state index contributed by atoms with van der Waals surface area (Å²) in [7, 11) is 0. The fourth-order valence-electron chi connectivity index (χ4n) is 5.19. The highest BCUT2D eigenvalue weighted by Gasteiger charge is 2.32. The van der Waals surface area contributed by atoms with Gasteiger partial charge in [0.1, 0.15) is 0 Å². The number of aliphatic hydroxyl groups excluding tert-OH is 1. The van der Waals surface area contributed by atoms with Gasteiger partial charge in [-0.2, -0.15) is 4.68 Å². The first-order chi connectivity index (χ1) is 21.6. The van der Waals surface area contributed by atoms with Gasteiger partial charge < -0.3 is 19.9 Å². The van der Waals surface area contributed by atoms with Crippen LogP contribution in [0.5, 0.6) is 0 Å². The largest absolute Gasteiger partial charge is 0.392 e. The van der Waals surface area contributed by atoms with Gasteiger partial charge in [0, 0.05) is 31.2 Å². The molecule has 0 bridgehead atoms. The average molecular weight is 608 g/mol. The number of thioether (sulfide) groups is 1. The molecule has 224 valence electrons. The number of tetrazole rings is 1. The lowest BCUT2D eigenvalue weighted by molar-refractivity contribution is -0.245. The lowest BCUT2D eigenvalue weighted by Crippen LogP contribution is -2.31. The summed E-state index contributed by atoms with van der Waals surface area (Å²) in [5.74, 6) is 0.568. The Morgan fingerprint density at radius 2 is 1.66 bits per heavy atom. The van der Waals surface area contributed by atoms with Crippen molar-refractivity contribution in [3.05, 3.63) is 125 Å². The second-order valence-corrected chi connectivity index (χ2v) is 11.5. The van der Waals surface area contributed by atoms with Gasteiger partial charge in [-0.1, -0.05) is 103 Å². The number of ether oxygens (including phenoxy) is 2. The number of benzene rings is 4. The van der Waals surface area contributed by atoms with Gasteiger partial charge in [-0.3, -0.25) is 4.79 Å². The summed E-state index contributed by atoms with van der Waals surface area (Å²) in [4.78, 5) is 11.5. The Kier molecular flexibility index (Phi) is 9.43. The van der Waals surface area contributed by atoms with E-state index in [2.05, 4.69) is 39.0 Å². The Labute approximate surface area is 260 Å². The van der Waals surface area contributed by atoms with Crippen molar-refractivity contribution in [2.45, 2.75) is 50.2 Å². The van der Waals surface area contributed by atoms with E-state index < -0.39 is 6.29 Å². The summed E-state index contributed by atoms with van der Waals surface area (Å²) >= 11 is 1.55. The van der Waals surface area contributed by atoms with Gasteiger partial charge in [0.2, 0.25) is 11.1 Å². The summed E-state index contributed by atoms with van der Waals surface area (Å²) in [6.45, 7) is 1.98. The molecule has 6 rings (SSSR count). The third-order valence-corrected chi connectivity index (χ3v) is 8.55. The Hall–Kier alpha value is -4.35. The van der Waals surface area contributed by atoms with E-state index in [0.717, 1.165) is 39.1 Å². The molecule has 1 saturated heterocycles. The van der Waals surface area contributed by atoms with Crippen LogP contribution < -0.4 is 5.32 Å². The highest BCUT2D eigenvalue weighted by molar-refractivity contribution is 7.99. The minimum atomic E-state index is -0.578. The third kappa shape index (κ3) is 7.06. The molecule has 10 heteroatoms. The van der Waals surface area contributed by atoms with Crippen LogP contribution >= 0.6 is 11.8 Å². The van der Waals surface area contributed by atoms with Crippen molar-refractivity contribution in [3.63, 3.8) is 0 Å². The van der Waals surface area contributed by atoms with E-state index in [4.69, 9.17) is 9.47 Å². The van der Waals surface area contributed by atoms with E-state index in [-0.39, 0.29) is 24.7 Å². The topological polar surface area (TPSA) is 111 Å². The molecule has 0 radical (unpaired) electrons. The van der Waals surface area contributed by atoms with Crippen LogP contribution in [-0.2, 0) is 27.4 Å². The smallest absolute Gasteiger partial charge is 0.217 e. The van der Waals surface area contributed by atoms with Crippen molar-refractivity contribution >= 4 is 17.7 Å². The molecule has 1 aliphatic rings. The van der Waals surface area contributed by atoms with E-state index in [1.807, 2.05) is 84.9 Å². The molecule has 9 nitrogen and oxygen atoms in total. The maximum Gasteiger partial charge on any atom is 0.217 e. The first-order valence-electron chi connectivity index (χ1n) is 14.5. The third-order valence-electron chi connectivity index (χ3n) is 7.49. The molecule has 1 aliphatic heterocycles. The fraction of sp³-hybridized carbons (Fsp3) is 0.235. The van der Waals surface area contributed by atoms with Crippen LogP contribution in [0.25, 0.3) is 16.8 Å². The molecule has 1 amide bonds. The van der Waals surface area contributed by atoms with Crippen molar-refractivity contribution in [1.29, 1.82) is 0 Å². The van der Waals surface area contributed by atoms with Gasteiger partial charge in [-0.05, 0) is 50.4 Å². The SMILES string of the molecule is CC(=O)NCc1ccccc1-c1ccc([C@H]2O[C@@H](CSc3nnnn3-c3ccccc3)C[C@@H](c3ccc(CO)cc3)O2)cc1. The molecule has 2 heterocycles. The number of para-hydroxylation sites is 1. The van der Waals surface area contributed by atoms with Gasteiger partial charge in [0.15, 0.2) is 6.29 Å². The minimum Gasteiger partial charge on any atom is -0.392 e. The van der Waals surface area contributed by atoms with Crippen LogP contribution in [0.2, 0.25) is 0 Å². The van der Waals surface area contributed by atoms with E-state index in [0.29, 0.717) is 23.9 Å². The quantitative estimate of drug-likeness (QED) is 0.192. The standard InChI is InChI=1S/C34H33N5O4S/c1-23(41)35-20-28-7-5-6-10-31(28)25-15-17-27(18-16-25)33-42-30(19-32(43-33)26-13-11-24(21-40)12-14-26)22-44-34-36-37-38-39(34)29-8-3-2-4-9-29/h2-18,30,32-33,40H,19-22H2,1H3,(H,35,41)/t30-,32+,33+/m1/s1. The number of hydrogen-bond acceptors (Lipinski definition) is 8. The number of rotatable bonds is 10. The molecule has 44 heavy (non-hydrogen) atoms. The van der Waals surface area contributed by atoms with Crippen LogP contribution in [0.4, 0.5) is 0 Å². The predicted molar refractivity (Wildman–Crippen MR) is 168 cm³/mol. The summed E-state index contributed by atoms with van der Waals surface area (Å²) in [5.41, 5.74) is 6.84. The molecular weight excluding hydrogens is 574 g/mol. The number of nitrogens with zero attached hydrogens (tertiary/aromatic N) is 4. The Morgan fingerprint density at radius 1 is 0.932 bits per heavy atom. The van der Waals surface area contributed by atoms with Gasteiger partial charge in [-0.25, -0.2) is 0 Å². The maximum absolute atomic E-state index is 11.5. The Morgan fingerprint density at radius 3 is 2.41 bits per heavy atom. The number of amides is 1. The number of hydrogen-bond donors (Lipinski definition) is 2. The van der Waals surface area contributed by atoms with Crippen LogP contribution in [0, 0.1) is 0 Å². The Balaban J connectivity index is 1.22. The molecule has 0 aliphatic carbocycles. The lowest BCUT2D eigenvalue weighted by Gasteiger charge is -2.36. The monoisotopic (exact) mass is 607 g/mol. The van der Waals surface area contributed by atoms with Gasteiger partial charge >= 0.3 is 0 Å². The second kappa shape index (κ2) is 14.0. The summed E-state index contributed by atoms with van der Waals surface area (Å²) in [6.07, 6.45) is -0.259. The number of aromatic nitrogens is 4. The molecule has 0 spiro atoms. The van der Waals surface area contributed by atoms with Gasteiger partial charge in [-0.15, -0.1) is 5.10 Å². The molecular formula is C34H33N5O4S.